The molecule has 114 valence electrons. The predicted octanol–water partition coefficient (Wildman–Crippen LogP) is 2.04. The molecule has 2 heterocycles. The van der Waals surface area contributed by atoms with Gasteiger partial charge in [0.1, 0.15) is 11.6 Å². The quantitative estimate of drug-likeness (QED) is 0.618. The number of ether oxygens (including phenoxy) is 2. The van der Waals surface area contributed by atoms with Gasteiger partial charge in [0.15, 0.2) is 16.6 Å². The van der Waals surface area contributed by atoms with Crippen molar-refractivity contribution >= 4 is 17.6 Å². The van der Waals surface area contributed by atoms with Crippen LogP contribution in [0.2, 0.25) is 5.15 Å². The van der Waals surface area contributed by atoms with Gasteiger partial charge in [-0.1, -0.05) is 11.6 Å². The standard InChI is InChI=1S/C14H13ClN4O3/c1-3-22-14(20)10-8-19(18-11(10)5-16)7-9-4-12(21-2)13(15)17-6-9/h4,6,8H,3,7H2,1-2H3. The van der Waals surface area contributed by atoms with E-state index in [1.54, 1.807) is 19.2 Å². The Labute approximate surface area is 132 Å². The Balaban J connectivity index is 2.27. The van der Waals surface area contributed by atoms with Crippen LogP contribution < -0.4 is 4.74 Å². The van der Waals surface area contributed by atoms with Crippen molar-refractivity contribution in [2.24, 2.45) is 0 Å². The van der Waals surface area contributed by atoms with Gasteiger partial charge in [-0.3, -0.25) is 4.68 Å². The summed E-state index contributed by atoms with van der Waals surface area (Å²) in [7, 11) is 1.49. The minimum Gasteiger partial charge on any atom is -0.494 e. The molecule has 0 N–H and O–H groups in total. The van der Waals surface area contributed by atoms with E-state index in [9.17, 15) is 4.79 Å². The van der Waals surface area contributed by atoms with Gasteiger partial charge < -0.3 is 9.47 Å². The van der Waals surface area contributed by atoms with Crippen LogP contribution in [0, 0.1) is 11.3 Å². The highest BCUT2D eigenvalue weighted by atomic mass is 35.5. The summed E-state index contributed by atoms with van der Waals surface area (Å²) in [5.41, 5.74) is 0.925. The summed E-state index contributed by atoms with van der Waals surface area (Å²) in [5.74, 6) is -0.130. The van der Waals surface area contributed by atoms with E-state index in [1.165, 1.54) is 18.0 Å². The molecule has 2 rings (SSSR count). The van der Waals surface area contributed by atoms with E-state index >= 15 is 0 Å². The highest BCUT2D eigenvalue weighted by Gasteiger charge is 2.17. The predicted molar refractivity (Wildman–Crippen MR) is 77.8 cm³/mol. The number of nitriles is 1. The molecule has 7 nitrogen and oxygen atoms in total. The minimum atomic E-state index is -0.572. The minimum absolute atomic E-state index is 0.0207. The molecule has 0 radical (unpaired) electrons. The maximum atomic E-state index is 11.8. The number of hydrogen-bond donors (Lipinski definition) is 0. The largest absolute Gasteiger partial charge is 0.494 e. The van der Waals surface area contributed by atoms with E-state index in [2.05, 4.69) is 10.1 Å². The molecule has 8 heteroatoms. The number of carbonyl (C=O) groups is 1. The average Bonchev–Trinajstić information content (AvgIpc) is 2.92. The van der Waals surface area contributed by atoms with Crippen LogP contribution in [0.5, 0.6) is 5.75 Å². The van der Waals surface area contributed by atoms with Crippen molar-refractivity contribution < 1.29 is 14.3 Å². The molecule has 22 heavy (non-hydrogen) atoms. The van der Waals surface area contributed by atoms with Crippen LogP contribution in [0.4, 0.5) is 0 Å². The molecule has 0 aromatic carbocycles. The van der Waals surface area contributed by atoms with Gasteiger partial charge in [-0.05, 0) is 18.6 Å². The summed E-state index contributed by atoms with van der Waals surface area (Å²) in [4.78, 5) is 15.8. The van der Waals surface area contributed by atoms with Crippen LogP contribution in [0.15, 0.2) is 18.5 Å². The molecule has 0 spiro atoms. The van der Waals surface area contributed by atoms with Crippen molar-refractivity contribution in [1.29, 1.82) is 5.26 Å². The molecule has 2 aromatic rings. The summed E-state index contributed by atoms with van der Waals surface area (Å²) >= 11 is 5.86. The second-order valence-electron chi connectivity index (χ2n) is 4.26. The van der Waals surface area contributed by atoms with Gasteiger partial charge >= 0.3 is 5.97 Å². The van der Waals surface area contributed by atoms with E-state index in [0.717, 1.165) is 5.56 Å². The fourth-order valence-corrected chi connectivity index (χ4v) is 2.01. The zero-order valence-corrected chi connectivity index (χ0v) is 12.8. The maximum Gasteiger partial charge on any atom is 0.342 e. The van der Waals surface area contributed by atoms with Crippen LogP contribution in [-0.4, -0.2) is 34.5 Å². The molecule has 0 aliphatic heterocycles. The van der Waals surface area contributed by atoms with Gasteiger partial charge in [0.25, 0.3) is 0 Å². The van der Waals surface area contributed by atoms with Crippen LogP contribution in [0.25, 0.3) is 0 Å². The fraction of sp³-hybridized carbons (Fsp3) is 0.286. The van der Waals surface area contributed by atoms with Gasteiger partial charge in [-0.15, -0.1) is 0 Å². The molecule has 0 aliphatic rings. The Morgan fingerprint density at radius 3 is 2.95 bits per heavy atom. The molecular weight excluding hydrogens is 308 g/mol. The lowest BCUT2D eigenvalue weighted by Gasteiger charge is -2.05. The first-order valence-electron chi connectivity index (χ1n) is 6.42. The third kappa shape index (κ3) is 3.35. The molecule has 0 fully saturated rings. The molecular formula is C14H13ClN4O3. The maximum absolute atomic E-state index is 11.8. The second kappa shape index (κ2) is 6.91. The number of hydrogen-bond acceptors (Lipinski definition) is 6. The smallest absolute Gasteiger partial charge is 0.342 e. The molecule has 0 atom stereocenters. The zero-order valence-electron chi connectivity index (χ0n) is 12.0. The van der Waals surface area contributed by atoms with E-state index < -0.39 is 5.97 Å². The lowest BCUT2D eigenvalue weighted by molar-refractivity contribution is 0.0526. The fourth-order valence-electron chi connectivity index (χ4n) is 1.83. The Morgan fingerprint density at radius 2 is 2.32 bits per heavy atom. The first-order chi connectivity index (χ1) is 10.6. The Hall–Kier alpha value is -2.59. The van der Waals surface area contributed by atoms with Gasteiger partial charge in [0.2, 0.25) is 0 Å². The molecule has 0 amide bonds. The third-order valence-electron chi connectivity index (χ3n) is 2.79. The SMILES string of the molecule is CCOC(=O)c1cn(Cc2cnc(Cl)c(OC)c2)nc1C#N. The second-order valence-corrected chi connectivity index (χ2v) is 4.62. The molecule has 0 unspecified atom stereocenters. The number of halogens is 1. The van der Waals surface area contributed by atoms with E-state index in [0.29, 0.717) is 12.3 Å². The topological polar surface area (TPSA) is 90.0 Å². The summed E-state index contributed by atoms with van der Waals surface area (Å²) in [6, 6.07) is 3.59. The zero-order chi connectivity index (χ0) is 16.1. The van der Waals surface area contributed by atoms with E-state index in [1.807, 2.05) is 6.07 Å². The summed E-state index contributed by atoms with van der Waals surface area (Å²) in [6.07, 6.45) is 3.04. The lowest BCUT2D eigenvalue weighted by Crippen LogP contribution is -2.05. The average molecular weight is 321 g/mol. The number of esters is 1. The summed E-state index contributed by atoms with van der Waals surface area (Å²) < 4.78 is 11.5. The van der Waals surface area contributed by atoms with Gasteiger partial charge in [0, 0.05) is 12.4 Å². The van der Waals surface area contributed by atoms with Crippen molar-refractivity contribution in [2.75, 3.05) is 13.7 Å². The molecule has 0 aliphatic carbocycles. The molecule has 0 saturated carbocycles. The van der Waals surface area contributed by atoms with Crippen molar-refractivity contribution in [2.45, 2.75) is 13.5 Å². The van der Waals surface area contributed by atoms with Crippen molar-refractivity contribution in [1.82, 2.24) is 14.8 Å². The first kappa shape index (κ1) is 15.8. The molecule has 0 bridgehead atoms. The normalized spacial score (nSPS) is 10.1. The van der Waals surface area contributed by atoms with Gasteiger partial charge in [-0.25, -0.2) is 9.78 Å². The highest BCUT2D eigenvalue weighted by molar-refractivity contribution is 6.30. The first-order valence-corrected chi connectivity index (χ1v) is 6.80. The Kier molecular flexibility index (Phi) is 4.96. The number of rotatable bonds is 5. The van der Waals surface area contributed by atoms with Crippen LogP contribution >= 0.6 is 11.6 Å². The van der Waals surface area contributed by atoms with Crippen molar-refractivity contribution in [3.05, 3.63) is 40.4 Å². The van der Waals surface area contributed by atoms with Gasteiger partial charge in [0.05, 0.1) is 20.3 Å². The monoisotopic (exact) mass is 320 g/mol. The number of methoxy groups -OCH3 is 1. The van der Waals surface area contributed by atoms with Crippen LogP contribution in [-0.2, 0) is 11.3 Å². The Bertz CT molecular complexity index is 736. The molecule has 2 aromatic heterocycles. The number of aromatic nitrogens is 3. The third-order valence-corrected chi connectivity index (χ3v) is 3.07. The highest BCUT2D eigenvalue weighted by Crippen LogP contribution is 2.22. The van der Waals surface area contributed by atoms with Gasteiger partial charge in [-0.2, -0.15) is 10.4 Å². The molecule has 0 saturated heterocycles. The van der Waals surface area contributed by atoms with E-state index in [-0.39, 0.29) is 23.0 Å². The Morgan fingerprint density at radius 1 is 1.55 bits per heavy atom. The van der Waals surface area contributed by atoms with Crippen molar-refractivity contribution in [3.8, 4) is 11.8 Å². The lowest BCUT2D eigenvalue weighted by atomic mass is 10.2. The number of carbonyl (C=O) groups excluding carboxylic acids is 1. The number of pyridine rings is 1. The number of nitrogens with zero attached hydrogens (tertiary/aromatic N) is 4. The summed E-state index contributed by atoms with van der Waals surface area (Å²) in [5, 5.41) is 13.4. The van der Waals surface area contributed by atoms with Crippen LogP contribution in [0.3, 0.4) is 0 Å². The van der Waals surface area contributed by atoms with E-state index in [4.69, 9.17) is 26.3 Å². The van der Waals surface area contributed by atoms with Crippen molar-refractivity contribution in [3.63, 3.8) is 0 Å². The summed E-state index contributed by atoms with van der Waals surface area (Å²) in [6.45, 7) is 2.24. The van der Waals surface area contributed by atoms with Crippen LogP contribution in [0.1, 0.15) is 28.5 Å².